The molecule has 5 heteroatoms. The van der Waals surface area contributed by atoms with Crippen LogP contribution in [0.25, 0.3) is 11.0 Å². The zero-order valence-electron chi connectivity index (χ0n) is 14.1. The molecule has 0 saturated carbocycles. The smallest absolute Gasteiger partial charge is 0.242 e. The van der Waals surface area contributed by atoms with Crippen LogP contribution in [0.1, 0.15) is 30.7 Å². The van der Waals surface area contributed by atoms with E-state index in [1.54, 1.807) is 0 Å². The van der Waals surface area contributed by atoms with Gasteiger partial charge in [-0.2, -0.15) is 0 Å². The Bertz CT molecular complexity index is 686. The summed E-state index contributed by atoms with van der Waals surface area (Å²) in [5, 5.41) is 3.17. The van der Waals surface area contributed by atoms with Crippen LogP contribution in [0.15, 0.2) is 18.2 Å². The fourth-order valence-corrected chi connectivity index (χ4v) is 3.27. The summed E-state index contributed by atoms with van der Waals surface area (Å²) in [4.78, 5) is 19.4. The molecule has 1 aromatic heterocycles. The molecule has 5 nitrogen and oxygen atoms in total. The maximum atomic E-state index is 12.7. The number of imidazole rings is 1. The number of hydrogen-bond donors (Lipinski definition) is 1. The van der Waals surface area contributed by atoms with Gasteiger partial charge in [0.05, 0.1) is 11.0 Å². The maximum absolute atomic E-state index is 12.7. The monoisotopic (exact) mass is 314 g/mol. The van der Waals surface area contributed by atoms with Gasteiger partial charge in [0.1, 0.15) is 12.4 Å². The second-order valence-electron chi connectivity index (χ2n) is 6.40. The molecule has 0 atom stereocenters. The van der Waals surface area contributed by atoms with E-state index < -0.39 is 0 Å². The van der Waals surface area contributed by atoms with E-state index in [2.05, 4.69) is 35.0 Å². The van der Waals surface area contributed by atoms with Crippen molar-refractivity contribution in [2.45, 2.75) is 39.2 Å². The molecule has 1 aromatic carbocycles. The number of nitrogens with one attached hydrogen (secondary N) is 1. The van der Waals surface area contributed by atoms with Gasteiger partial charge in [0.25, 0.3) is 0 Å². The number of aromatic nitrogens is 2. The van der Waals surface area contributed by atoms with Gasteiger partial charge < -0.3 is 14.8 Å². The third-order valence-corrected chi connectivity index (χ3v) is 4.58. The van der Waals surface area contributed by atoms with Crippen molar-refractivity contribution in [3.8, 4) is 0 Å². The number of likely N-dealkylation sites (tertiary alicyclic amines) is 1. The van der Waals surface area contributed by atoms with Crippen molar-refractivity contribution in [2.24, 2.45) is 0 Å². The molecule has 124 valence electrons. The average Bonchev–Trinajstić information content (AvgIpc) is 2.90. The number of likely N-dealkylation sites (N-methyl/N-ethyl adjacent to an activating group) is 1. The fraction of sp³-hybridized carbons (Fsp3) is 0.556. The number of piperidine rings is 1. The number of carbonyl (C=O) groups is 1. The lowest BCUT2D eigenvalue weighted by Crippen LogP contribution is -2.38. The van der Waals surface area contributed by atoms with Crippen LogP contribution in [0.4, 0.5) is 0 Å². The van der Waals surface area contributed by atoms with Crippen LogP contribution in [0.3, 0.4) is 0 Å². The van der Waals surface area contributed by atoms with Crippen LogP contribution in [0, 0.1) is 6.92 Å². The predicted molar refractivity (Wildman–Crippen MR) is 92.5 cm³/mol. The van der Waals surface area contributed by atoms with Gasteiger partial charge in [0.2, 0.25) is 5.91 Å². The second kappa shape index (κ2) is 7.13. The SMILES string of the molecule is CNCCc1nc2cc(C)ccc2n1CC(=O)N1CCCCC1. The molecule has 0 aliphatic carbocycles. The Labute approximate surface area is 137 Å². The Morgan fingerprint density at radius 3 is 2.78 bits per heavy atom. The average molecular weight is 314 g/mol. The highest BCUT2D eigenvalue weighted by atomic mass is 16.2. The van der Waals surface area contributed by atoms with Crippen molar-refractivity contribution in [3.05, 3.63) is 29.6 Å². The molecule has 1 aliphatic heterocycles. The Balaban J connectivity index is 1.88. The summed E-state index contributed by atoms with van der Waals surface area (Å²) < 4.78 is 2.10. The Hall–Kier alpha value is -1.88. The first-order valence-corrected chi connectivity index (χ1v) is 8.57. The van der Waals surface area contributed by atoms with Crippen molar-refractivity contribution in [1.82, 2.24) is 19.8 Å². The number of rotatable bonds is 5. The van der Waals surface area contributed by atoms with Crippen LogP contribution >= 0.6 is 0 Å². The van der Waals surface area contributed by atoms with E-state index in [1.165, 1.54) is 12.0 Å². The van der Waals surface area contributed by atoms with E-state index in [9.17, 15) is 4.79 Å². The van der Waals surface area contributed by atoms with Crippen LogP contribution in [0.5, 0.6) is 0 Å². The van der Waals surface area contributed by atoms with E-state index in [4.69, 9.17) is 4.98 Å². The summed E-state index contributed by atoms with van der Waals surface area (Å²) in [6.45, 7) is 5.14. The van der Waals surface area contributed by atoms with E-state index in [1.807, 2.05) is 11.9 Å². The molecular weight excluding hydrogens is 288 g/mol. The van der Waals surface area contributed by atoms with E-state index in [0.717, 1.165) is 55.8 Å². The van der Waals surface area contributed by atoms with Gasteiger partial charge in [-0.3, -0.25) is 4.79 Å². The minimum atomic E-state index is 0.218. The van der Waals surface area contributed by atoms with Gasteiger partial charge in [0.15, 0.2) is 0 Å². The van der Waals surface area contributed by atoms with E-state index >= 15 is 0 Å². The molecule has 1 fully saturated rings. The molecule has 0 spiro atoms. The lowest BCUT2D eigenvalue weighted by molar-refractivity contribution is -0.132. The van der Waals surface area contributed by atoms with Gasteiger partial charge in [-0.05, 0) is 50.9 Å². The number of hydrogen-bond acceptors (Lipinski definition) is 3. The highest BCUT2D eigenvalue weighted by Gasteiger charge is 2.19. The van der Waals surface area contributed by atoms with Crippen molar-refractivity contribution in [2.75, 3.05) is 26.7 Å². The molecule has 0 unspecified atom stereocenters. The normalized spacial score (nSPS) is 15.3. The Morgan fingerprint density at radius 1 is 1.26 bits per heavy atom. The minimum absolute atomic E-state index is 0.218. The first kappa shape index (κ1) is 16.0. The molecule has 1 aliphatic rings. The molecule has 0 radical (unpaired) electrons. The van der Waals surface area contributed by atoms with Crippen molar-refractivity contribution < 1.29 is 4.79 Å². The number of nitrogens with zero attached hydrogens (tertiary/aromatic N) is 3. The molecule has 1 N–H and O–H groups in total. The summed E-state index contributed by atoms with van der Waals surface area (Å²) >= 11 is 0. The highest BCUT2D eigenvalue weighted by Crippen LogP contribution is 2.19. The van der Waals surface area contributed by atoms with Gasteiger partial charge in [0, 0.05) is 26.1 Å². The summed E-state index contributed by atoms with van der Waals surface area (Å²) in [5.74, 6) is 1.21. The van der Waals surface area contributed by atoms with Gasteiger partial charge >= 0.3 is 0 Å². The standard InChI is InChI=1S/C18H26N4O/c1-14-6-7-16-15(12-14)20-17(8-9-19-2)22(16)13-18(23)21-10-4-3-5-11-21/h6-7,12,19H,3-5,8-11,13H2,1-2H3. The van der Waals surface area contributed by atoms with Crippen molar-refractivity contribution in [3.63, 3.8) is 0 Å². The topological polar surface area (TPSA) is 50.2 Å². The fourth-order valence-electron chi connectivity index (χ4n) is 3.27. The molecule has 1 amide bonds. The lowest BCUT2D eigenvalue weighted by atomic mass is 10.1. The van der Waals surface area contributed by atoms with Gasteiger partial charge in [-0.25, -0.2) is 4.98 Å². The van der Waals surface area contributed by atoms with Crippen LogP contribution in [-0.4, -0.2) is 47.0 Å². The highest BCUT2D eigenvalue weighted by molar-refractivity contribution is 5.81. The largest absolute Gasteiger partial charge is 0.341 e. The van der Waals surface area contributed by atoms with Crippen LogP contribution in [-0.2, 0) is 17.8 Å². The number of amides is 1. The maximum Gasteiger partial charge on any atom is 0.242 e. The molecule has 23 heavy (non-hydrogen) atoms. The molecule has 3 rings (SSSR count). The van der Waals surface area contributed by atoms with Crippen molar-refractivity contribution in [1.29, 1.82) is 0 Å². The first-order valence-electron chi connectivity index (χ1n) is 8.57. The first-order chi connectivity index (χ1) is 11.2. The molecule has 2 heterocycles. The number of fused-ring (bicyclic) bond motifs is 1. The predicted octanol–water partition coefficient (Wildman–Crippen LogP) is 2.12. The minimum Gasteiger partial charge on any atom is -0.341 e. The summed E-state index contributed by atoms with van der Waals surface area (Å²) in [5.41, 5.74) is 3.25. The number of aryl methyl sites for hydroxylation is 1. The zero-order chi connectivity index (χ0) is 16.2. The van der Waals surface area contributed by atoms with Crippen molar-refractivity contribution >= 4 is 16.9 Å². The van der Waals surface area contributed by atoms with Gasteiger partial charge in [-0.1, -0.05) is 6.07 Å². The lowest BCUT2D eigenvalue weighted by Gasteiger charge is -2.27. The number of carbonyl (C=O) groups excluding carboxylic acids is 1. The Morgan fingerprint density at radius 2 is 2.04 bits per heavy atom. The van der Waals surface area contributed by atoms with E-state index in [-0.39, 0.29) is 5.91 Å². The Kier molecular flexibility index (Phi) is 4.96. The zero-order valence-corrected chi connectivity index (χ0v) is 14.1. The summed E-state index contributed by atoms with van der Waals surface area (Å²) in [6, 6.07) is 6.28. The van der Waals surface area contributed by atoms with Gasteiger partial charge in [-0.15, -0.1) is 0 Å². The quantitative estimate of drug-likeness (QED) is 0.920. The molecular formula is C18H26N4O. The third-order valence-electron chi connectivity index (χ3n) is 4.58. The number of benzene rings is 1. The molecule has 2 aromatic rings. The third kappa shape index (κ3) is 3.55. The van der Waals surface area contributed by atoms with Crippen LogP contribution in [0.2, 0.25) is 0 Å². The summed E-state index contributed by atoms with van der Waals surface area (Å²) in [6.07, 6.45) is 4.33. The molecule has 0 bridgehead atoms. The van der Waals surface area contributed by atoms with Crippen LogP contribution < -0.4 is 5.32 Å². The van der Waals surface area contributed by atoms with E-state index in [0.29, 0.717) is 6.54 Å². The summed E-state index contributed by atoms with van der Waals surface area (Å²) in [7, 11) is 1.94. The second-order valence-corrected chi connectivity index (χ2v) is 6.40. The molecule has 1 saturated heterocycles.